The van der Waals surface area contributed by atoms with Crippen molar-refractivity contribution in [2.75, 3.05) is 0 Å². The summed E-state index contributed by atoms with van der Waals surface area (Å²) in [5.41, 5.74) is 0. The average Bonchev–Trinajstić information content (AvgIpc) is 0.722. The summed E-state index contributed by atoms with van der Waals surface area (Å²) < 4.78 is -1.30. The Bertz CT molecular complexity index is 23.0. The van der Waals surface area contributed by atoms with E-state index >= 15 is 0 Å². The van der Waals surface area contributed by atoms with Gasteiger partial charge in [0.15, 0.2) is 0 Å². The molecule has 0 aliphatic rings. The second-order valence-electron chi connectivity index (χ2n) is 0.429. The first-order valence-corrected chi connectivity index (χ1v) is 34.0. The van der Waals surface area contributed by atoms with Crippen LogP contribution in [0.3, 0.4) is 0 Å². The molecule has 34 valence electrons. The summed E-state index contributed by atoms with van der Waals surface area (Å²) >= 11 is 10.2. The van der Waals surface area contributed by atoms with Crippen molar-refractivity contribution in [3.05, 3.63) is 0 Å². The molecule has 0 aliphatic heterocycles. The van der Waals surface area contributed by atoms with Crippen molar-refractivity contribution in [2.24, 2.45) is 0 Å². The van der Waals surface area contributed by atoms with Crippen LogP contribution < -0.4 is 0 Å². The van der Waals surface area contributed by atoms with Gasteiger partial charge in [-0.2, -0.15) is 0 Å². The third-order valence-electron chi connectivity index (χ3n) is 0. The van der Waals surface area contributed by atoms with Crippen LogP contribution in [0, 0.1) is 0 Å². The Morgan fingerprint density at radius 2 is 0.833 bits per heavy atom. The van der Waals surface area contributed by atoms with E-state index in [-0.39, 0.29) is 51.4 Å². The van der Waals surface area contributed by atoms with Gasteiger partial charge in [0.05, 0.1) is 0 Å². The van der Waals surface area contributed by atoms with Crippen molar-refractivity contribution >= 4 is 128 Å². The maximum absolute atomic E-state index is 2.55. The molecule has 0 radical (unpaired) electrons. The predicted octanol–water partition coefficient (Wildman–Crippen LogP) is 2.51. The third-order valence-corrected chi connectivity index (χ3v) is 0. The van der Waals surface area contributed by atoms with Gasteiger partial charge in [0.25, 0.3) is 0 Å². The Hall–Kier alpha value is 5.36. The molecule has 0 nitrogen and oxygen atoms in total. The first-order chi connectivity index (χ1) is 2.00. The zero-order valence-electron chi connectivity index (χ0n) is 2.01. The molecule has 6 heavy (non-hydrogen) atoms. The van der Waals surface area contributed by atoms with Gasteiger partial charge in [-0.05, 0) is 0 Å². The second kappa shape index (κ2) is 7.03. The van der Waals surface area contributed by atoms with E-state index in [0.717, 1.165) is 0 Å². The van der Waals surface area contributed by atoms with Crippen LogP contribution in [-0.2, 0) is 0 Å². The molecule has 0 aromatic heterocycles. The standard InChI is InChI=1S/4HI.K.Sn.H/h4*1H;;;/q;;;;;+4;/p-4. The predicted molar refractivity (Wildman–Crippen MR) is 69.0 cm³/mol. The number of rotatable bonds is 0. The van der Waals surface area contributed by atoms with Gasteiger partial charge in [0, 0.05) is 0 Å². The van der Waals surface area contributed by atoms with Crippen molar-refractivity contribution in [1.82, 2.24) is 0 Å². The third kappa shape index (κ3) is 22.8. The first kappa shape index (κ1) is 13.9. The van der Waals surface area contributed by atoms with Crippen LogP contribution in [0.25, 0.3) is 0 Å². The first-order valence-electron chi connectivity index (χ1n) is 0.756. The van der Waals surface area contributed by atoms with Gasteiger partial charge in [-0.1, -0.05) is 0 Å². The van der Waals surface area contributed by atoms with Crippen molar-refractivity contribution in [3.63, 3.8) is 0 Å². The van der Waals surface area contributed by atoms with Gasteiger partial charge in [0.2, 0.25) is 0 Å². The zero-order valence-corrected chi connectivity index (χ0v) is 13.5. The van der Waals surface area contributed by atoms with Crippen LogP contribution in [0.2, 0.25) is 0 Å². The van der Waals surface area contributed by atoms with E-state index in [1.54, 1.807) is 0 Å². The summed E-state index contributed by atoms with van der Waals surface area (Å²) in [5.74, 6) is 0. The summed E-state index contributed by atoms with van der Waals surface area (Å²) in [5, 5.41) is 0. The normalized spacial score (nSPS) is 10.0. The van der Waals surface area contributed by atoms with E-state index in [0.29, 0.717) is 0 Å². The van der Waals surface area contributed by atoms with Crippen LogP contribution >= 0.6 is 74.5 Å². The van der Waals surface area contributed by atoms with Crippen molar-refractivity contribution in [2.45, 2.75) is 0 Å². The molecule has 0 unspecified atom stereocenters. The van der Waals surface area contributed by atoms with Crippen molar-refractivity contribution in [1.29, 1.82) is 0 Å². The molecule has 6 heteroatoms. The average molecular weight is 666 g/mol. The van der Waals surface area contributed by atoms with E-state index in [1.807, 2.05) is 0 Å². The van der Waals surface area contributed by atoms with Gasteiger partial charge in [-0.25, -0.2) is 0 Å². The van der Waals surface area contributed by atoms with Gasteiger partial charge < -0.3 is 0 Å². The molecule has 0 aromatic carbocycles. The van der Waals surface area contributed by atoms with Gasteiger partial charge in [0.1, 0.15) is 0 Å². The molecule has 0 heterocycles. The molecular weight excluding hydrogens is 665 g/mol. The Morgan fingerprint density at radius 1 is 0.833 bits per heavy atom. The van der Waals surface area contributed by atoms with Crippen LogP contribution in [0.15, 0.2) is 0 Å². The van der Waals surface area contributed by atoms with E-state index < -0.39 is 2.50 Å². The second-order valence-corrected chi connectivity index (χ2v) is 129. The van der Waals surface area contributed by atoms with Crippen LogP contribution in [0.4, 0.5) is 0 Å². The summed E-state index contributed by atoms with van der Waals surface area (Å²) in [6.07, 6.45) is 0. The molecule has 0 amide bonds. The quantitative estimate of drug-likeness (QED) is 0.276. The van der Waals surface area contributed by atoms with Crippen molar-refractivity contribution < 1.29 is 0 Å². The Morgan fingerprint density at radius 3 is 0.833 bits per heavy atom. The summed E-state index contributed by atoms with van der Waals surface area (Å²) in [4.78, 5) is 0. The van der Waals surface area contributed by atoms with Crippen LogP contribution in [-0.4, -0.2) is 53.9 Å². The molecule has 0 atom stereocenters. The van der Waals surface area contributed by atoms with E-state index in [9.17, 15) is 0 Å². The molecule has 0 fully saturated rings. The molecule has 0 aliphatic carbocycles. The van der Waals surface area contributed by atoms with Gasteiger partial charge >= 0.3 is 128 Å². The SMILES string of the molecule is [I][Sn]([I])([I])[I].[KH]. The fourth-order valence-electron chi connectivity index (χ4n) is 0. The monoisotopic (exact) mass is 667 g/mol. The molecule has 0 bridgehead atoms. The Labute approximate surface area is 123 Å². The Kier molecular flexibility index (Phi) is 16.3. The minimum atomic E-state index is -1.30. The summed E-state index contributed by atoms with van der Waals surface area (Å²) in [6.45, 7) is 0. The minimum absolute atomic E-state index is 0. The summed E-state index contributed by atoms with van der Waals surface area (Å²) in [7, 11) is 0. The zero-order chi connectivity index (χ0) is 4.50. The Balaban J connectivity index is 0. The molecule has 0 aromatic rings. The maximum atomic E-state index is 2.55. The molecule has 0 saturated carbocycles. The summed E-state index contributed by atoms with van der Waals surface area (Å²) in [6, 6.07) is 0. The van der Waals surface area contributed by atoms with Gasteiger partial charge in [-0.3, -0.25) is 0 Å². The van der Waals surface area contributed by atoms with Gasteiger partial charge in [-0.15, -0.1) is 0 Å². The molecule has 0 N–H and O–H groups in total. The number of hydrogen-bond donors (Lipinski definition) is 0. The van der Waals surface area contributed by atoms with E-state index in [1.165, 1.54) is 0 Å². The number of hydrogen-bond acceptors (Lipinski definition) is 0. The van der Waals surface area contributed by atoms with E-state index in [4.69, 9.17) is 0 Å². The van der Waals surface area contributed by atoms with E-state index in [2.05, 4.69) is 74.5 Å². The van der Waals surface area contributed by atoms with Crippen LogP contribution in [0.1, 0.15) is 0 Å². The number of halogens is 4. The fourth-order valence-corrected chi connectivity index (χ4v) is 0. The van der Waals surface area contributed by atoms with Crippen LogP contribution in [0.5, 0.6) is 0 Å². The molecular formula is HI4KSn. The molecule has 0 rings (SSSR count). The van der Waals surface area contributed by atoms with Crippen molar-refractivity contribution in [3.8, 4) is 0 Å². The molecule has 0 spiro atoms. The topological polar surface area (TPSA) is 0 Å². The molecule has 0 saturated heterocycles. The fraction of sp³-hybridized carbons (Fsp3) is 0.